The van der Waals surface area contributed by atoms with Crippen LogP contribution in [0.5, 0.6) is 5.75 Å². The van der Waals surface area contributed by atoms with E-state index >= 15 is 0 Å². The van der Waals surface area contributed by atoms with Gasteiger partial charge in [0.05, 0.1) is 29.7 Å². The Morgan fingerprint density at radius 3 is 2.31 bits per heavy atom. The summed E-state index contributed by atoms with van der Waals surface area (Å²) in [5.41, 5.74) is 1.48. The number of para-hydroxylation sites is 1. The summed E-state index contributed by atoms with van der Waals surface area (Å²) in [4.78, 5) is 83.4. The van der Waals surface area contributed by atoms with Crippen molar-refractivity contribution in [2.45, 2.75) is 82.5 Å². The molecule has 0 saturated heterocycles. The van der Waals surface area contributed by atoms with E-state index in [0.717, 1.165) is 11.1 Å². The molecule has 15 nitrogen and oxygen atoms in total. The van der Waals surface area contributed by atoms with Gasteiger partial charge in [0.15, 0.2) is 11.6 Å². The fourth-order valence-corrected chi connectivity index (χ4v) is 7.76. The SMILES string of the molecule is CC(C)C[C@H]1C(=O)N(C)C2(CC2)C(=O)N[C@H](Cc2ccccc2)COc2cnc3ccccc3c2C(=O)N[C@H](C(=O)NCCc2nc(Cc3ccccc3)no2)CC(=O)N1C. The van der Waals surface area contributed by atoms with E-state index in [1.807, 2.05) is 74.5 Å². The Hall–Kier alpha value is -6.64. The summed E-state index contributed by atoms with van der Waals surface area (Å²) >= 11 is 0. The quantitative estimate of drug-likeness (QED) is 0.185. The summed E-state index contributed by atoms with van der Waals surface area (Å²) in [7, 11) is 3.13. The Morgan fingerprint density at radius 1 is 0.918 bits per heavy atom. The lowest BCUT2D eigenvalue weighted by atomic mass is 9.99. The number of ether oxygens (including phenoxy) is 1. The van der Waals surface area contributed by atoms with E-state index in [9.17, 15) is 24.0 Å². The number of carbonyl (C=O) groups excluding carboxylic acids is 5. The predicted octanol–water partition coefficient (Wildman–Crippen LogP) is 4.04. The summed E-state index contributed by atoms with van der Waals surface area (Å²) in [6.45, 7) is 3.92. The molecule has 61 heavy (non-hydrogen) atoms. The molecule has 1 fully saturated rings. The molecular weight excluding hydrogens is 777 g/mol. The molecule has 3 heterocycles. The first-order valence-electron chi connectivity index (χ1n) is 20.7. The Bertz CT molecular complexity index is 2370. The van der Waals surface area contributed by atoms with Gasteiger partial charge in [-0.15, -0.1) is 0 Å². The van der Waals surface area contributed by atoms with E-state index < -0.39 is 53.7 Å². The van der Waals surface area contributed by atoms with Crippen LogP contribution in [0.3, 0.4) is 0 Å². The lowest BCUT2D eigenvalue weighted by Crippen LogP contribution is -2.58. The van der Waals surface area contributed by atoms with Gasteiger partial charge in [-0.1, -0.05) is 97.9 Å². The molecule has 3 atom stereocenters. The third kappa shape index (κ3) is 10.0. The molecule has 5 amide bonds. The minimum absolute atomic E-state index is 0.00168. The standard InChI is InChI=1S/C46H52N8O7/c1-29(2)23-36-44(58)54(4)46(20-21-46)45(59)49-32(24-30-13-7-5-8-14-30)28-60-37-27-48-34-18-12-11-17-33(34)41(37)43(57)50-35(26-40(55)53(36)3)42(56)47-22-19-39-51-38(52-61-39)25-31-15-9-6-10-16-31/h5-18,27,29,32,35-36H,19-26,28H2,1-4H3,(H,47,56)(H,49,59)(H,50,57)/t32-,35+,36+/m1/s1. The van der Waals surface area contributed by atoms with Crippen molar-refractivity contribution in [1.82, 2.24) is 40.9 Å². The summed E-state index contributed by atoms with van der Waals surface area (Å²) in [5.74, 6) is -1.62. The highest BCUT2D eigenvalue weighted by atomic mass is 16.5. The van der Waals surface area contributed by atoms with Crippen molar-refractivity contribution < 1.29 is 33.2 Å². The van der Waals surface area contributed by atoms with Crippen molar-refractivity contribution in [1.29, 1.82) is 0 Å². The predicted molar refractivity (Wildman–Crippen MR) is 226 cm³/mol. The molecule has 2 aromatic heterocycles. The second kappa shape index (κ2) is 18.7. The third-order valence-electron chi connectivity index (χ3n) is 11.4. The fraction of sp³-hybridized carbons (Fsp3) is 0.391. The topological polar surface area (TPSA) is 189 Å². The number of rotatable bonds is 10. The van der Waals surface area contributed by atoms with Gasteiger partial charge in [0.1, 0.15) is 24.2 Å². The van der Waals surface area contributed by atoms with Crippen molar-refractivity contribution in [3.8, 4) is 5.75 Å². The molecule has 0 unspecified atom stereocenters. The second-order valence-electron chi connectivity index (χ2n) is 16.3. The van der Waals surface area contributed by atoms with Crippen molar-refractivity contribution in [3.05, 3.63) is 120 Å². The number of aromatic nitrogens is 3. The monoisotopic (exact) mass is 828 g/mol. The van der Waals surface area contributed by atoms with Gasteiger partial charge in [0, 0.05) is 38.9 Å². The van der Waals surface area contributed by atoms with Crippen LogP contribution in [0.15, 0.2) is 95.6 Å². The van der Waals surface area contributed by atoms with Crippen LogP contribution in [0.4, 0.5) is 0 Å². The maximum Gasteiger partial charge on any atom is 0.256 e. The second-order valence-corrected chi connectivity index (χ2v) is 16.3. The molecule has 1 aliphatic heterocycles. The van der Waals surface area contributed by atoms with Crippen molar-refractivity contribution in [2.75, 3.05) is 27.2 Å². The van der Waals surface area contributed by atoms with Crippen LogP contribution in [0.1, 0.15) is 72.7 Å². The summed E-state index contributed by atoms with van der Waals surface area (Å²) in [6.07, 6.45) is 3.26. The molecule has 1 saturated carbocycles. The highest BCUT2D eigenvalue weighted by Gasteiger charge is 2.56. The molecule has 3 aromatic carbocycles. The summed E-state index contributed by atoms with van der Waals surface area (Å²) in [5, 5.41) is 13.3. The van der Waals surface area contributed by atoms with Gasteiger partial charge in [-0.3, -0.25) is 29.0 Å². The smallest absolute Gasteiger partial charge is 0.256 e. The molecule has 0 bridgehead atoms. The van der Waals surface area contributed by atoms with E-state index in [-0.39, 0.29) is 42.7 Å². The first-order valence-corrected chi connectivity index (χ1v) is 20.7. The van der Waals surface area contributed by atoms with Crippen LogP contribution in [0, 0.1) is 5.92 Å². The highest BCUT2D eigenvalue weighted by Crippen LogP contribution is 2.42. The van der Waals surface area contributed by atoms with Gasteiger partial charge in [0.2, 0.25) is 29.5 Å². The van der Waals surface area contributed by atoms with Crippen molar-refractivity contribution >= 4 is 40.4 Å². The molecule has 3 N–H and O–H groups in total. The number of carbonyl (C=O) groups is 5. The number of nitrogens with zero attached hydrogens (tertiary/aromatic N) is 5. The van der Waals surface area contributed by atoms with E-state index in [1.165, 1.54) is 23.0 Å². The average Bonchev–Trinajstić information content (AvgIpc) is 3.96. The molecule has 0 radical (unpaired) electrons. The minimum Gasteiger partial charge on any atom is -0.489 e. The lowest BCUT2D eigenvalue weighted by molar-refractivity contribution is -0.149. The van der Waals surface area contributed by atoms with Crippen LogP contribution < -0.4 is 20.7 Å². The fourth-order valence-electron chi connectivity index (χ4n) is 7.76. The number of pyridine rings is 1. The third-order valence-corrected chi connectivity index (χ3v) is 11.4. The molecular formula is C46H52N8O7. The molecule has 2 aliphatic rings. The number of hydrogen-bond donors (Lipinski definition) is 3. The minimum atomic E-state index is -1.37. The Morgan fingerprint density at radius 2 is 1.61 bits per heavy atom. The Balaban J connectivity index is 1.20. The maximum atomic E-state index is 14.6. The number of fused-ring (bicyclic) bond motifs is 3. The average molecular weight is 829 g/mol. The van der Waals surface area contributed by atoms with Gasteiger partial charge in [-0.25, -0.2) is 0 Å². The highest BCUT2D eigenvalue weighted by molar-refractivity contribution is 6.10. The van der Waals surface area contributed by atoms with E-state index in [4.69, 9.17) is 9.26 Å². The van der Waals surface area contributed by atoms with Crippen molar-refractivity contribution in [2.24, 2.45) is 5.92 Å². The van der Waals surface area contributed by atoms with Crippen LogP contribution >= 0.6 is 0 Å². The van der Waals surface area contributed by atoms with Crippen LogP contribution in [0.2, 0.25) is 0 Å². The van der Waals surface area contributed by atoms with E-state index in [2.05, 4.69) is 31.1 Å². The first kappa shape index (κ1) is 42.5. The van der Waals surface area contributed by atoms with Gasteiger partial charge < -0.3 is 35.0 Å². The first-order chi connectivity index (χ1) is 29.4. The Kier molecular flexibility index (Phi) is 13.0. The molecule has 7 rings (SSSR count). The van der Waals surface area contributed by atoms with E-state index in [0.29, 0.717) is 54.7 Å². The molecule has 318 valence electrons. The number of amides is 5. The van der Waals surface area contributed by atoms with Gasteiger partial charge in [-0.2, -0.15) is 4.98 Å². The number of hydrogen-bond acceptors (Lipinski definition) is 10. The zero-order chi connectivity index (χ0) is 43.1. The summed E-state index contributed by atoms with van der Waals surface area (Å²) in [6, 6.07) is 23.5. The zero-order valence-electron chi connectivity index (χ0n) is 34.9. The summed E-state index contributed by atoms with van der Waals surface area (Å²) < 4.78 is 11.8. The number of likely N-dealkylation sites (N-methyl/N-ethyl adjacent to an activating group) is 2. The maximum absolute atomic E-state index is 14.6. The zero-order valence-corrected chi connectivity index (χ0v) is 34.9. The number of benzene rings is 3. The van der Waals surface area contributed by atoms with E-state index in [1.54, 1.807) is 31.3 Å². The normalized spacial score (nSPS) is 19.9. The molecule has 1 spiro atoms. The van der Waals surface area contributed by atoms with Gasteiger partial charge >= 0.3 is 0 Å². The van der Waals surface area contributed by atoms with Crippen LogP contribution in [-0.4, -0.2) is 105 Å². The molecule has 15 heteroatoms. The van der Waals surface area contributed by atoms with Gasteiger partial charge in [-0.05, 0) is 48.8 Å². The van der Waals surface area contributed by atoms with Crippen molar-refractivity contribution in [3.63, 3.8) is 0 Å². The van der Waals surface area contributed by atoms with Gasteiger partial charge in [0.25, 0.3) is 5.91 Å². The number of nitrogens with one attached hydrogen (secondary N) is 3. The van der Waals surface area contributed by atoms with Crippen LogP contribution in [-0.2, 0) is 38.4 Å². The Labute approximate surface area is 354 Å². The largest absolute Gasteiger partial charge is 0.489 e. The molecule has 1 aliphatic carbocycles. The molecule has 5 aromatic rings. The lowest BCUT2D eigenvalue weighted by Gasteiger charge is -2.36. The van der Waals surface area contributed by atoms with Crippen LogP contribution in [0.25, 0.3) is 10.9 Å².